The molecule has 7 nitrogen and oxygen atoms in total. The fourth-order valence-corrected chi connectivity index (χ4v) is 0. The van der Waals surface area contributed by atoms with Gasteiger partial charge in [-0.25, -0.2) is 0 Å². The third kappa shape index (κ3) is 826. The molecule has 0 aliphatic heterocycles. The minimum atomic E-state index is 0. The van der Waals surface area contributed by atoms with E-state index in [2.05, 4.69) is 0 Å². The molecule has 0 aromatic rings. The molecule has 56 valence electrons. The van der Waals surface area contributed by atoms with E-state index < -0.39 is 0 Å². The topological polar surface area (TPSA) is 218 Å². The molecule has 0 atom stereocenters. The van der Waals surface area contributed by atoms with Crippen LogP contribution in [0.15, 0.2) is 0 Å². The van der Waals surface area contributed by atoms with Gasteiger partial charge in [0.2, 0.25) is 0 Å². The third-order valence-corrected chi connectivity index (χ3v) is 0. The Bertz CT molecular complexity index is 4.35. The Balaban J connectivity index is 0. The summed E-state index contributed by atoms with van der Waals surface area (Å²) >= 11 is 0. The monoisotopic (exact) mass is 148 g/mol. The first kappa shape index (κ1) is 2010. The molecule has 0 aliphatic carbocycles. The van der Waals surface area contributed by atoms with E-state index in [-0.39, 0.29) is 61.4 Å². The van der Waals surface area contributed by atoms with Crippen LogP contribution in [0, 0.1) is 0 Å². The van der Waals surface area contributed by atoms with Crippen molar-refractivity contribution >= 4 is 23.1 Å². The van der Waals surface area contributed by atoms with E-state index in [1.165, 1.54) is 0 Å². The predicted octanol–water partition coefficient (Wildman–Crippen LogP) is -5.45. The van der Waals surface area contributed by atoms with Crippen LogP contribution < -0.4 is 0 Å². The molecule has 0 unspecified atom stereocenters. The van der Waals surface area contributed by atoms with Crippen LogP contribution in [0.4, 0.5) is 0 Å². The van der Waals surface area contributed by atoms with Crippen molar-refractivity contribution in [3.05, 3.63) is 0 Å². The van der Waals surface area contributed by atoms with Gasteiger partial charge in [0.05, 0.1) is 0 Å². The van der Waals surface area contributed by atoms with Gasteiger partial charge in [0.25, 0.3) is 0 Å². The zero-order chi connectivity index (χ0) is 0. The van der Waals surface area contributed by atoms with E-state index in [0.717, 1.165) is 0 Å². The summed E-state index contributed by atoms with van der Waals surface area (Å²) in [6.07, 6.45) is 0. The molecule has 0 amide bonds. The van der Waals surface area contributed by atoms with E-state index >= 15 is 0 Å². The summed E-state index contributed by atoms with van der Waals surface area (Å²) in [5.41, 5.74) is 0. The van der Waals surface area contributed by atoms with E-state index in [1.807, 2.05) is 0 Å². The molecule has 0 heterocycles. The van der Waals surface area contributed by atoms with Crippen molar-refractivity contribution in [1.82, 2.24) is 0 Å². The molecule has 0 spiro atoms. The molecular weight excluding hydrogens is 136 g/mol. The molecule has 0 rings (SSSR count). The molecule has 0 bridgehead atoms. The number of hydrogen-bond acceptors (Lipinski definition) is 0. The SMILES string of the molecule is O.O.O.O.O.O.[Mg+2].[O-2]. The summed E-state index contributed by atoms with van der Waals surface area (Å²) in [5, 5.41) is 0. The van der Waals surface area contributed by atoms with Gasteiger partial charge in [-0.3, -0.25) is 0 Å². The Kier molecular flexibility index (Phi) is 335000. The van der Waals surface area contributed by atoms with Crippen LogP contribution in [0.5, 0.6) is 0 Å². The van der Waals surface area contributed by atoms with Crippen molar-refractivity contribution in [3.8, 4) is 0 Å². The molecule has 0 fully saturated rings. The van der Waals surface area contributed by atoms with Gasteiger partial charge in [0.15, 0.2) is 0 Å². The Labute approximate surface area is 62.0 Å². The molecule has 8 heavy (non-hydrogen) atoms. The van der Waals surface area contributed by atoms with Crippen molar-refractivity contribution in [2.45, 2.75) is 0 Å². The fraction of sp³-hybridized carbons (Fsp3) is 0. The van der Waals surface area contributed by atoms with Gasteiger partial charge in [-0.1, -0.05) is 0 Å². The molecule has 0 radical (unpaired) electrons. The van der Waals surface area contributed by atoms with Crippen molar-refractivity contribution in [3.63, 3.8) is 0 Å². The van der Waals surface area contributed by atoms with Crippen LogP contribution in [0.2, 0.25) is 0 Å². The molecule has 0 aromatic carbocycles. The maximum Gasteiger partial charge on any atom is 2.00 e. The van der Waals surface area contributed by atoms with Crippen LogP contribution >= 0.6 is 0 Å². The first-order valence-electron chi connectivity index (χ1n) is 0. The van der Waals surface area contributed by atoms with E-state index in [1.54, 1.807) is 0 Å². The van der Waals surface area contributed by atoms with Gasteiger partial charge in [0.1, 0.15) is 0 Å². The molecular formula is H12MgO7. The largest absolute Gasteiger partial charge is 2.00 e. The molecule has 0 aromatic heterocycles. The number of hydrogen-bond donors (Lipinski definition) is 0. The van der Waals surface area contributed by atoms with E-state index in [4.69, 9.17) is 0 Å². The van der Waals surface area contributed by atoms with Crippen LogP contribution in [0.25, 0.3) is 0 Å². The van der Waals surface area contributed by atoms with E-state index in [9.17, 15) is 0 Å². The fourth-order valence-electron chi connectivity index (χ4n) is 0. The molecule has 0 aliphatic rings. The minimum absolute atomic E-state index is 0. The van der Waals surface area contributed by atoms with E-state index in [0.29, 0.717) is 0 Å². The second kappa shape index (κ2) is 1330. The summed E-state index contributed by atoms with van der Waals surface area (Å²) in [6.45, 7) is 0. The summed E-state index contributed by atoms with van der Waals surface area (Å²) < 4.78 is 0. The maximum atomic E-state index is 0. The Morgan fingerprint density at radius 1 is 0.375 bits per heavy atom. The standard InChI is InChI=1S/Mg.6H2O.O/h;6*1H2;/q+2;;;;;;;-2. The van der Waals surface area contributed by atoms with Crippen LogP contribution in [0.3, 0.4) is 0 Å². The first-order chi connectivity index (χ1) is 0. The maximum absolute atomic E-state index is 0. The van der Waals surface area contributed by atoms with Gasteiger partial charge in [-0.15, -0.1) is 0 Å². The van der Waals surface area contributed by atoms with Crippen molar-refractivity contribution in [2.24, 2.45) is 0 Å². The normalized spacial score (nSPS) is 0. The van der Waals surface area contributed by atoms with Crippen molar-refractivity contribution in [2.75, 3.05) is 0 Å². The first-order valence-corrected chi connectivity index (χ1v) is 0. The Morgan fingerprint density at radius 3 is 0.375 bits per heavy atom. The van der Waals surface area contributed by atoms with Crippen LogP contribution in [-0.2, 0) is 5.48 Å². The van der Waals surface area contributed by atoms with Crippen LogP contribution in [0.1, 0.15) is 0 Å². The average Bonchev–Trinajstić information content (AvgIpc) is 0. The van der Waals surface area contributed by atoms with Gasteiger partial charge >= 0.3 is 23.1 Å². The molecule has 0 saturated carbocycles. The smallest absolute Gasteiger partial charge is 2.00 e. The second-order valence-electron chi connectivity index (χ2n) is 0. The Morgan fingerprint density at radius 2 is 0.375 bits per heavy atom. The minimum Gasteiger partial charge on any atom is -2.00 e. The number of rotatable bonds is 0. The average molecular weight is 148 g/mol. The molecule has 8 heteroatoms. The Hall–Kier alpha value is 0.486. The van der Waals surface area contributed by atoms with Gasteiger partial charge in [-0.2, -0.15) is 0 Å². The van der Waals surface area contributed by atoms with Crippen molar-refractivity contribution in [1.29, 1.82) is 0 Å². The summed E-state index contributed by atoms with van der Waals surface area (Å²) in [7, 11) is 0. The quantitative estimate of drug-likeness (QED) is 0.293. The molecule has 12 N–H and O–H groups in total. The second-order valence-corrected chi connectivity index (χ2v) is 0. The van der Waals surface area contributed by atoms with Gasteiger partial charge in [-0.05, 0) is 0 Å². The summed E-state index contributed by atoms with van der Waals surface area (Å²) in [5.74, 6) is 0. The zero-order valence-corrected chi connectivity index (χ0v) is 5.53. The molecule has 0 saturated heterocycles. The van der Waals surface area contributed by atoms with Crippen molar-refractivity contribution < 1.29 is 38.3 Å². The van der Waals surface area contributed by atoms with Gasteiger partial charge < -0.3 is 38.3 Å². The van der Waals surface area contributed by atoms with Gasteiger partial charge in [0, 0.05) is 0 Å². The summed E-state index contributed by atoms with van der Waals surface area (Å²) in [6, 6.07) is 0. The third-order valence-electron chi connectivity index (χ3n) is 0. The predicted molar refractivity (Wildman–Crippen MR) is 28.1 cm³/mol. The zero-order valence-electron chi connectivity index (χ0n) is 4.12. The summed E-state index contributed by atoms with van der Waals surface area (Å²) in [4.78, 5) is 0. The van der Waals surface area contributed by atoms with Crippen LogP contribution in [-0.4, -0.2) is 55.9 Å².